The minimum atomic E-state index is -4.58. The van der Waals surface area contributed by atoms with Crippen LogP contribution in [0.4, 0.5) is 35.5 Å². The molecule has 4 aliphatic heterocycles. The standard InChI is InChI=1S/C31H39F3N8O4/c1-4-14-35-29(44)42-15-5-16-45-24-12-6-21(7-13-24)17-36-26-39-27(41-28(40-26)46-20-31(32,33)34)38-23-10-8-22(9-11-23)25(43)37-18-30(2,3)19-42/h6-13H,4-5,14-20H2,1-3H3,(H,35,44)(H,37,43)(H2,36,38,39,40,41). The molecule has 46 heavy (non-hydrogen) atoms. The van der Waals surface area contributed by atoms with Gasteiger partial charge in [-0.2, -0.15) is 28.1 Å². The summed E-state index contributed by atoms with van der Waals surface area (Å²) >= 11 is 0. The van der Waals surface area contributed by atoms with Crippen molar-refractivity contribution in [2.45, 2.75) is 46.3 Å². The van der Waals surface area contributed by atoms with Gasteiger partial charge in [-0.05, 0) is 60.2 Å². The van der Waals surface area contributed by atoms with Gasteiger partial charge in [-0.15, -0.1) is 0 Å². The third kappa shape index (κ3) is 11.0. The number of benzene rings is 2. The van der Waals surface area contributed by atoms with Crippen LogP contribution in [0.5, 0.6) is 11.8 Å². The number of nitrogens with one attached hydrogen (secondary N) is 4. The van der Waals surface area contributed by atoms with E-state index < -0.39 is 24.2 Å². The third-order valence-electron chi connectivity index (χ3n) is 6.76. The van der Waals surface area contributed by atoms with Crippen LogP contribution in [0.3, 0.4) is 0 Å². The predicted octanol–water partition coefficient (Wildman–Crippen LogP) is 5.13. The zero-order valence-electron chi connectivity index (χ0n) is 26.0. The minimum absolute atomic E-state index is 0.00408. The van der Waals surface area contributed by atoms with E-state index in [1.807, 2.05) is 32.9 Å². The van der Waals surface area contributed by atoms with Crippen molar-refractivity contribution < 1.29 is 32.2 Å². The fourth-order valence-corrected chi connectivity index (χ4v) is 4.46. The maximum atomic E-state index is 13.0. The number of carbonyl (C=O) groups is 2. The summed E-state index contributed by atoms with van der Waals surface area (Å²) in [5, 5.41) is 11.8. The zero-order valence-corrected chi connectivity index (χ0v) is 26.0. The summed E-state index contributed by atoms with van der Waals surface area (Å²) in [4.78, 5) is 39.9. The maximum absolute atomic E-state index is 13.0. The van der Waals surface area contributed by atoms with Crippen molar-refractivity contribution >= 4 is 29.5 Å². The van der Waals surface area contributed by atoms with E-state index in [0.29, 0.717) is 56.2 Å². The Bertz CT molecular complexity index is 1450. The van der Waals surface area contributed by atoms with Gasteiger partial charge >= 0.3 is 18.2 Å². The molecule has 4 aliphatic rings. The van der Waals surface area contributed by atoms with Gasteiger partial charge in [0.1, 0.15) is 5.75 Å². The van der Waals surface area contributed by atoms with Crippen LogP contribution >= 0.6 is 0 Å². The number of nitrogens with zero attached hydrogens (tertiary/aromatic N) is 4. The Morgan fingerprint density at radius 3 is 2.46 bits per heavy atom. The number of hydrogen-bond acceptors (Lipinski definition) is 9. The van der Waals surface area contributed by atoms with E-state index in [4.69, 9.17) is 9.47 Å². The van der Waals surface area contributed by atoms with E-state index in [1.165, 1.54) is 0 Å². The van der Waals surface area contributed by atoms with Crippen LogP contribution in [-0.2, 0) is 6.54 Å². The Hall–Kier alpha value is -4.82. The molecule has 0 saturated heterocycles. The summed E-state index contributed by atoms with van der Waals surface area (Å²) in [6.07, 6.45) is -3.18. The second kappa shape index (κ2) is 15.5. The highest BCUT2D eigenvalue weighted by Crippen LogP contribution is 2.22. The summed E-state index contributed by atoms with van der Waals surface area (Å²) < 4.78 is 49.1. The first-order valence-electron chi connectivity index (χ1n) is 15.0. The van der Waals surface area contributed by atoms with Crippen molar-refractivity contribution in [3.63, 3.8) is 0 Å². The van der Waals surface area contributed by atoms with Crippen LogP contribution in [0.2, 0.25) is 0 Å². The molecule has 0 saturated carbocycles. The molecule has 1 aromatic heterocycles. The lowest BCUT2D eigenvalue weighted by Crippen LogP contribution is -2.48. The molecular weight excluding hydrogens is 605 g/mol. The second-order valence-corrected chi connectivity index (χ2v) is 11.6. The number of amides is 3. The summed E-state index contributed by atoms with van der Waals surface area (Å²) in [5.41, 5.74) is 1.27. The number of urea groups is 1. The monoisotopic (exact) mass is 644 g/mol. The van der Waals surface area contributed by atoms with E-state index >= 15 is 0 Å². The van der Waals surface area contributed by atoms with Crippen molar-refractivity contribution in [3.8, 4) is 11.8 Å². The summed E-state index contributed by atoms with van der Waals surface area (Å²) in [5.74, 6) is 0.281. The first kappa shape index (κ1) is 34.1. The highest BCUT2D eigenvalue weighted by molar-refractivity contribution is 5.94. The quantitative estimate of drug-likeness (QED) is 0.304. The molecule has 0 atom stereocenters. The molecule has 7 rings (SSSR count). The van der Waals surface area contributed by atoms with Gasteiger partial charge in [-0.25, -0.2) is 4.79 Å². The van der Waals surface area contributed by atoms with Crippen molar-refractivity contribution in [3.05, 3.63) is 59.7 Å². The van der Waals surface area contributed by atoms with Crippen LogP contribution in [0.15, 0.2) is 48.5 Å². The van der Waals surface area contributed by atoms with Crippen molar-refractivity contribution in [2.24, 2.45) is 5.41 Å². The molecule has 0 unspecified atom stereocenters. The SMILES string of the molecule is CCCNC(=O)N1CCCOc2ccc(cc2)CNc2nc(nc(OCC(F)(F)F)n2)Nc2ccc(cc2)C(=O)NCC(C)(C)C1. The Morgan fingerprint density at radius 2 is 1.76 bits per heavy atom. The Labute approximate surface area is 265 Å². The van der Waals surface area contributed by atoms with Crippen molar-refractivity contribution in [1.82, 2.24) is 30.5 Å². The molecule has 248 valence electrons. The van der Waals surface area contributed by atoms with Crippen molar-refractivity contribution in [2.75, 3.05) is 50.0 Å². The van der Waals surface area contributed by atoms with Crippen molar-refractivity contribution in [1.29, 1.82) is 0 Å². The Morgan fingerprint density at radius 1 is 1.04 bits per heavy atom. The first-order valence-corrected chi connectivity index (χ1v) is 15.0. The van der Waals surface area contributed by atoms with Gasteiger partial charge in [0.25, 0.3) is 5.91 Å². The average Bonchev–Trinajstić information content (AvgIpc) is 3.02. The number of alkyl halides is 3. The Kier molecular flexibility index (Phi) is 11.4. The van der Waals surface area contributed by atoms with E-state index in [1.54, 1.807) is 41.3 Å². The van der Waals surface area contributed by atoms with Crippen LogP contribution in [0, 0.1) is 5.41 Å². The van der Waals surface area contributed by atoms with E-state index in [0.717, 1.165) is 12.0 Å². The zero-order chi connectivity index (χ0) is 33.2. The number of hydrogen-bond donors (Lipinski definition) is 4. The lowest BCUT2D eigenvalue weighted by Gasteiger charge is -2.33. The molecule has 0 fully saturated rings. The van der Waals surface area contributed by atoms with Gasteiger partial charge in [-0.1, -0.05) is 32.9 Å². The average molecular weight is 645 g/mol. The van der Waals surface area contributed by atoms with Gasteiger partial charge < -0.3 is 35.6 Å². The topological polar surface area (TPSA) is 143 Å². The van der Waals surface area contributed by atoms with Crippen LogP contribution < -0.4 is 30.7 Å². The summed E-state index contributed by atoms with van der Waals surface area (Å²) in [6, 6.07) is 13.0. The van der Waals surface area contributed by atoms with E-state index in [9.17, 15) is 22.8 Å². The first-order chi connectivity index (χ1) is 21.9. The molecule has 0 aliphatic carbocycles. The summed E-state index contributed by atoms with van der Waals surface area (Å²) in [6.45, 7) is 6.77. The number of halogens is 3. The molecule has 4 N–H and O–H groups in total. The number of anilines is 3. The maximum Gasteiger partial charge on any atom is 0.422 e. The van der Waals surface area contributed by atoms with Gasteiger partial charge in [-0.3, -0.25) is 4.79 Å². The van der Waals surface area contributed by atoms with Crippen LogP contribution in [0.1, 0.15) is 49.5 Å². The highest BCUT2D eigenvalue weighted by Gasteiger charge is 2.29. The molecule has 15 heteroatoms. The third-order valence-corrected chi connectivity index (χ3v) is 6.76. The minimum Gasteiger partial charge on any atom is -0.494 e. The largest absolute Gasteiger partial charge is 0.494 e. The predicted molar refractivity (Wildman–Crippen MR) is 166 cm³/mol. The molecule has 2 aromatic carbocycles. The second-order valence-electron chi connectivity index (χ2n) is 11.6. The molecule has 12 nitrogen and oxygen atoms in total. The molecule has 6 bridgehead atoms. The summed E-state index contributed by atoms with van der Waals surface area (Å²) in [7, 11) is 0. The van der Waals surface area contributed by atoms with Gasteiger partial charge in [0, 0.05) is 44.0 Å². The molecular formula is C31H39F3N8O4. The molecule has 0 spiro atoms. The van der Waals surface area contributed by atoms with E-state index in [2.05, 4.69) is 36.2 Å². The molecule has 3 amide bonds. The number of ether oxygens (including phenoxy) is 2. The Balaban J connectivity index is 1.57. The van der Waals surface area contributed by atoms with Gasteiger partial charge in [0.15, 0.2) is 6.61 Å². The molecule has 5 heterocycles. The molecule has 3 aromatic rings. The lowest BCUT2D eigenvalue weighted by atomic mass is 9.92. The lowest BCUT2D eigenvalue weighted by molar-refractivity contribution is -0.154. The van der Waals surface area contributed by atoms with Crippen LogP contribution in [0.25, 0.3) is 0 Å². The van der Waals surface area contributed by atoms with E-state index in [-0.39, 0.29) is 30.4 Å². The smallest absolute Gasteiger partial charge is 0.422 e. The number of rotatable bonds is 4. The normalized spacial score (nSPS) is 15.9. The highest BCUT2D eigenvalue weighted by atomic mass is 19.4. The number of carbonyl (C=O) groups excluding carboxylic acids is 2. The fraction of sp³-hybridized carbons (Fsp3) is 0.452. The fourth-order valence-electron chi connectivity index (χ4n) is 4.46. The molecule has 0 radical (unpaired) electrons. The van der Waals surface area contributed by atoms with Gasteiger partial charge in [0.05, 0.1) is 6.61 Å². The van der Waals surface area contributed by atoms with Crippen LogP contribution in [-0.4, -0.2) is 77.4 Å². The number of aromatic nitrogens is 3. The van der Waals surface area contributed by atoms with Gasteiger partial charge in [0.2, 0.25) is 11.9 Å².